The van der Waals surface area contributed by atoms with Crippen LogP contribution in [0.15, 0.2) is 0 Å². The Balaban J connectivity index is 0.000000771. The predicted molar refractivity (Wildman–Crippen MR) is 84.2 cm³/mol. The Morgan fingerprint density at radius 2 is 1.72 bits per heavy atom. The minimum Gasteiger partial charge on any atom is -0.297 e. The molecule has 1 aliphatic heterocycles. The van der Waals surface area contributed by atoms with Crippen molar-refractivity contribution in [3.63, 3.8) is 0 Å². The van der Waals surface area contributed by atoms with Crippen LogP contribution in [0.4, 0.5) is 0 Å². The Kier molecular flexibility index (Phi) is 7.81. The van der Waals surface area contributed by atoms with Gasteiger partial charge in [-0.25, -0.2) is 0 Å². The second kappa shape index (κ2) is 8.55. The highest BCUT2D eigenvalue weighted by atomic mass is 79.9. The number of hydrogen-bond donors (Lipinski definition) is 2. The van der Waals surface area contributed by atoms with Gasteiger partial charge in [0.25, 0.3) is 0 Å². The van der Waals surface area contributed by atoms with E-state index >= 15 is 0 Å². The van der Waals surface area contributed by atoms with Crippen molar-refractivity contribution in [1.82, 2.24) is 10.6 Å². The highest BCUT2D eigenvalue weighted by Crippen LogP contribution is 2.32. The van der Waals surface area contributed by atoms with Crippen molar-refractivity contribution < 1.29 is 0 Å². The molecule has 0 spiro atoms. The van der Waals surface area contributed by atoms with Crippen LogP contribution >= 0.6 is 15.9 Å². The number of halogens is 1. The second-order valence-electron chi connectivity index (χ2n) is 5.50. The number of unbranched alkanes of at least 4 members (excludes halogenated alkanes) is 2. The standard InChI is InChI=1S/C13H25BrN2.C2H6/c1-3-4-5-6-11-15-12-9(2)7-8-10(14)13(12)16-11;1-2/h9-13,15-16H,3-8H2,1-2H3;1-2H3. The van der Waals surface area contributed by atoms with Gasteiger partial charge in [0.05, 0.1) is 6.17 Å². The van der Waals surface area contributed by atoms with Crippen LogP contribution in [0.25, 0.3) is 0 Å². The van der Waals surface area contributed by atoms with E-state index in [2.05, 4.69) is 40.4 Å². The second-order valence-corrected chi connectivity index (χ2v) is 6.68. The molecule has 2 N–H and O–H groups in total. The highest BCUT2D eigenvalue weighted by molar-refractivity contribution is 9.09. The van der Waals surface area contributed by atoms with Gasteiger partial charge in [-0.05, 0) is 25.2 Å². The Hall–Kier alpha value is 0.400. The zero-order valence-electron chi connectivity index (χ0n) is 12.5. The fourth-order valence-electron chi connectivity index (χ4n) is 3.11. The molecule has 1 saturated carbocycles. The third-order valence-corrected chi connectivity index (χ3v) is 5.20. The summed E-state index contributed by atoms with van der Waals surface area (Å²) in [5.74, 6) is 0.822. The van der Waals surface area contributed by atoms with Gasteiger partial charge in [-0.15, -0.1) is 0 Å². The maximum Gasteiger partial charge on any atom is 0.0577 e. The fraction of sp³-hybridized carbons (Fsp3) is 1.00. The summed E-state index contributed by atoms with van der Waals surface area (Å²) in [5.41, 5.74) is 0. The molecule has 5 unspecified atom stereocenters. The molecule has 2 nitrogen and oxygen atoms in total. The molecule has 18 heavy (non-hydrogen) atoms. The minimum atomic E-state index is 0.558. The molecule has 2 fully saturated rings. The molecular weight excluding hydrogens is 288 g/mol. The molecule has 0 amide bonds. The van der Waals surface area contributed by atoms with Crippen LogP contribution in [0.2, 0.25) is 0 Å². The Labute approximate surface area is 122 Å². The Morgan fingerprint density at radius 3 is 2.33 bits per heavy atom. The van der Waals surface area contributed by atoms with Gasteiger partial charge in [0.15, 0.2) is 0 Å². The number of fused-ring (bicyclic) bond motifs is 1. The van der Waals surface area contributed by atoms with Crippen molar-refractivity contribution >= 4 is 15.9 Å². The third-order valence-electron chi connectivity index (χ3n) is 4.17. The Bertz CT molecular complexity index is 205. The van der Waals surface area contributed by atoms with Crippen LogP contribution in [0.1, 0.15) is 66.2 Å². The zero-order chi connectivity index (χ0) is 13.5. The fourth-order valence-corrected chi connectivity index (χ4v) is 3.86. The van der Waals surface area contributed by atoms with E-state index in [9.17, 15) is 0 Å². The van der Waals surface area contributed by atoms with Gasteiger partial charge in [-0.1, -0.05) is 62.9 Å². The summed E-state index contributed by atoms with van der Waals surface area (Å²) in [6.45, 7) is 8.66. The predicted octanol–water partition coefficient (Wildman–Crippen LogP) is 4.04. The molecule has 0 aromatic rings. The van der Waals surface area contributed by atoms with Gasteiger partial charge in [-0.3, -0.25) is 10.6 Å². The van der Waals surface area contributed by atoms with Gasteiger partial charge < -0.3 is 0 Å². The minimum absolute atomic E-state index is 0.558. The smallest absolute Gasteiger partial charge is 0.0577 e. The number of rotatable bonds is 4. The Morgan fingerprint density at radius 1 is 1.06 bits per heavy atom. The van der Waals surface area contributed by atoms with Gasteiger partial charge in [0, 0.05) is 16.9 Å². The molecule has 1 heterocycles. The van der Waals surface area contributed by atoms with E-state index in [1.54, 1.807) is 0 Å². The molecule has 1 saturated heterocycles. The van der Waals surface area contributed by atoms with Crippen LogP contribution in [-0.2, 0) is 0 Å². The summed E-state index contributed by atoms with van der Waals surface area (Å²) in [5, 5.41) is 7.56. The summed E-state index contributed by atoms with van der Waals surface area (Å²) in [4.78, 5) is 0.664. The van der Waals surface area contributed by atoms with Gasteiger partial charge in [-0.2, -0.15) is 0 Å². The molecule has 0 bridgehead atoms. The lowest BCUT2D eigenvalue weighted by atomic mass is 9.83. The van der Waals surface area contributed by atoms with Crippen LogP contribution in [0.5, 0.6) is 0 Å². The molecule has 108 valence electrons. The summed E-state index contributed by atoms with van der Waals surface area (Å²) < 4.78 is 0. The first-order valence-corrected chi connectivity index (χ1v) is 8.80. The van der Waals surface area contributed by atoms with E-state index in [0.717, 1.165) is 5.92 Å². The summed E-state index contributed by atoms with van der Waals surface area (Å²) >= 11 is 3.83. The maximum absolute atomic E-state index is 3.83. The van der Waals surface area contributed by atoms with E-state index in [-0.39, 0.29) is 0 Å². The molecule has 0 radical (unpaired) electrons. The molecule has 0 aromatic heterocycles. The molecule has 5 atom stereocenters. The third kappa shape index (κ3) is 4.21. The highest BCUT2D eigenvalue weighted by Gasteiger charge is 2.42. The topological polar surface area (TPSA) is 24.1 Å². The summed E-state index contributed by atoms with van der Waals surface area (Å²) in [7, 11) is 0. The largest absolute Gasteiger partial charge is 0.297 e. The first-order valence-electron chi connectivity index (χ1n) is 7.88. The van der Waals surface area contributed by atoms with Crippen molar-refractivity contribution in [1.29, 1.82) is 0 Å². The van der Waals surface area contributed by atoms with E-state index in [4.69, 9.17) is 0 Å². The van der Waals surface area contributed by atoms with E-state index in [1.807, 2.05) is 13.8 Å². The molecule has 2 aliphatic rings. The number of alkyl halides is 1. The number of nitrogens with one attached hydrogen (secondary N) is 2. The molecular formula is C15H31BrN2. The van der Waals surface area contributed by atoms with E-state index in [1.165, 1.54) is 38.5 Å². The first kappa shape index (κ1) is 16.5. The van der Waals surface area contributed by atoms with Crippen molar-refractivity contribution in [2.45, 2.75) is 89.3 Å². The van der Waals surface area contributed by atoms with Gasteiger partial charge >= 0.3 is 0 Å². The zero-order valence-corrected chi connectivity index (χ0v) is 14.1. The van der Waals surface area contributed by atoms with Gasteiger partial charge in [0.2, 0.25) is 0 Å². The number of hydrogen-bond acceptors (Lipinski definition) is 2. The van der Waals surface area contributed by atoms with Crippen molar-refractivity contribution in [2.75, 3.05) is 0 Å². The van der Waals surface area contributed by atoms with E-state index < -0.39 is 0 Å². The molecule has 0 aromatic carbocycles. The van der Waals surface area contributed by atoms with Crippen molar-refractivity contribution in [3.05, 3.63) is 0 Å². The molecule has 1 aliphatic carbocycles. The lowest BCUT2D eigenvalue weighted by molar-refractivity contribution is 0.292. The maximum atomic E-state index is 3.83. The first-order chi connectivity index (χ1) is 8.72. The SMILES string of the molecule is CC.CCCCCC1NC2C(C)CCC(Br)C2N1. The van der Waals surface area contributed by atoms with Crippen LogP contribution in [0.3, 0.4) is 0 Å². The van der Waals surface area contributed by atoms with Crippen LogP contribution < -0.4 is 10.6 Å². The monoisotopic (exact) mass is 318 g/mol. The normalized spacial score (nSPS) is 38.8. The quantitative estimate of drug-likeness (QED) is 0.603. The van der Waals surface area contributed by atoms with Crippen molar-refractivity contribution in [2.24, 2.45) is 5.92 Å². The van der Waals surface area contributed by atoms with E-state index in [0.29, 0.717) is 23.1 Å². The molecule has 2 rings (SSSR count). The summed E-state index contributed by atoms with van der Waals surface area (Å²) in [6, 6.07) is 1.33. The van der Waals surface area contributed by atoms with Crippen LogP contribution in [-0.4, -0.2) is 23.1 Å². The summed E-state index contributed by atoms with van der Waals surface area (Å²) in [6.07, 6.45) is 8.54. The molecule has 3 heteroatoms. The van der Waals surface area contributed by atoms with Crippen molar-refractivity contribution in [3.8, 4) is 0 Å². The lowest BCUT2D eigenvalue weighted by Crippen LogP contribution is -2.48. The lowest BCUT2D eigenvalue weighted by Gasteiger charge is -2.34. The average Bonchev–Trinajstić information content (AvgIpc) is 2.82. The van der Waals surface area contributed by atoms with Gasteiger partial charge in [0.1, 0.15) is 0 Å². The van der Waals surface area contributed by atoms with Crippen LogP contribution in [0, 0.1) is 5.92 Å². The average molecular weight is 319 g/mol.